The number of aliphatic hydroxyl groups excluding tert-OH is 2. The van der Waals surface area contributed by atoms with Gasteiger partial charge in [0.2, 0.25) is 35.8 Å². The quantitative estimate of drug-likeness (QED) is 0.0378. The number of hydrogen-bond acceptors (Lipinski definition) is 10. The van der Waals surface area contributed by atoms with Gasteiger partial charge >= 0.3 is 0 Å². The molecule has 17 nitrogen and oxygen atoms in total. The number of nitrogens with two attached hydrogens (primary N) is 2. The largest absolute Gasteiger partial charge is 0.391 e. The number of amides is 5. The van der Waals surface area contributed by atoms with Crippen molar-refractivity contribution in [1.82, 2.24) is 31.5 Å². The van der Waals surface area contributed by atoms with E-state index in [4.69, 9.17) is 16.9 Å². The molecule has 5 amide bonds. The SMILES string of the molecule is CC[C@H](C)[C@H](N)C(=O)N[C@H](C(=O)N[C@H](C(=O)N1CCC[C@H]1C(=O)N[C@@H](CCCNC(=N)N)C(=O)N[C@H]([C]=O)[C@@H](C)O)[C@@H](C)O)C(C)C. The standard InChI is InChI=1S/C30H54N9O8/c1-7-16(4)22(31)27(45)37-23(15(2)3)28(46)38-24(18(6)42)29(47)39-13-9-11-21(39)26(44)35-19(10-8-12-34-30(32)33)25(43)36-20(14-40)17(5)41/h15-24,41-42H,7-13,31H2,1-6H3,(H,35,44)(H,36,43)(H,37,45)(H,38,46)(H4,32,33,34)/t16-,17+,18+,19-,20+,21-,22-,23-,24-/m0/s1. The van der Waals surface area contributed by atoms with Crippen molar-refractivity contribution in [3.8, 4) is 0 Å². The molecule has 267 valence electrons. The van der Waals surface area contributed by atoms with Crippen LogP contribution in [0.15, 0.2) is 0 Å². The number of hydrogen-bond donors (Lipinski definition) is 10. The fourth-order valence-corrected chi connectivity index (χ4v) is 4.98. The van der Waals surface area contributed by atoms with Crippen LogP contribution < -0.4 is 38.1 Å². The number of likely N-dealkylation sites (tertiary alicyclic amines) is 1. The zero-order valence-electron chi connectivity index (χ0n) is 28.2. The smallest absolute Gasteiger partial charge is 0.248 e. The van der Waals surface area contributed by atoms with Crippen LogP contribution in [0.1, 0.15) is 73.6 Å². The van der Waals surface area contributed by atoms with E-state index in [1.54, 1.807) is 13.8 Å². The Morgan fingerprint density at radius 2 is 1.55 bits per heavy atom. The Labute approximate surface area is 276 Å². The van der Waals surface area contributed by atoms with Crippen LogP contribution in [0.4, 0.5) is 0 Å². The number of nitrogens with one attached hydrogen (secondary N) is 6. The molecule has 1 fully saturated rings. The van der Waals surface area contributed by atoms with E-state index in [1.165, 1.54) is 25.0 Å². The van der Waals surface area contributed by atoms with Gasteiger partial charge in [-0.25, -0.2) is 0 Å². The van der Waals surface area contributed by atoms with Crippen molar-refractivity contribution in [1.29, 1.82) is 5.41 Å². The van der Waals surface area contributed by atoms with Gasteiger partial charge in [-0.1, -0.05) is 34.1 Å². The Morgan fingerprint density at radius 1 is 0.936 bits per heavy atom. The molecule has 0 spiro atoms. The molecular formula is C30H54N9O8. The monoisotopic (exact) mass is 668 g/mol. The average Bonchev–Trinajstić information content (AvgIpc) is 3.50. The first-order chi connectivity index (χ1) is 22.0. The van der Waals surface area contributed by atoms with Gasteiger partial charge in [-0.15, -0.1) is 0 Å². The minimum Gasteiger partial charge on any atom is -0.391 e. The third-order valence-electron chi connectivity index (χ3n) is 8.22. The molecule has 0 unspecified atom stereocenters. The van der Waals surface area contributed by atoms with Gasteiger partial charge in [-0.3, -0.25) is 34.2 Å². The third kappa shape index (κ3) is 12.7. The first kappa shape index (κ1) is 41.2. The molecule has 0 bridgehead atoms. The van der Waals surface area contributed by atoms with Crippen molar-refractivity contribution >= 4 is 41.8 Å². The molecule has 17 heteroatoms. The second-order valence-electron chi connectivity index (χ2n) is 12.4. The summed E-state index contributed by atoms with van der Waals surface area (Å²) >= 11 is 0. The number of carbonyl (C=O) groups excluding carboxylic acids is 6. The Bertz CT molecular complexity index is 1100. The van der Waals surface area contributed by atoms with Gasteiger partial charge in [0.25, 0.3) is 0 Å². The van der Waals surface area contributed by atoms with Crippen molar-refractivity contribution in [3.05, 3.63) is 0 Å². The molecule has 1 saturated heterocycles. The molecule has 9 atom stereocenters. The Hall–Kier alpha value is -3.83. The molecule has 0 aliphatic carbocycles. The average molecular weight is 669 g/mol. The Morgan fingerprint density at radius 3 is 2.06 bits per heavy atom. The summed E-state index contributed by atoms with van der Waals surface area (Å²) in [5.74, 6) is -4.22. The van der Waals surface area contributed by atoms with E-state index in [-0.39, 0.29) is 44.2 Å². The van der Waals surface area contributed by atoms with Gasteiger partial charge < -0.3 is 53.2 Å². The van der Waals surface area contributed by atoms with Gasteiger partial charge in [-0.2, -0.15) is 0 Å². The van der Waals surface area contributed by atoms with Crippen LogP contribution in [0.25, 0.3) is 0 Å². The number of nitrogens with zero attached hydrogens (tertiary/aromatic N) is 1. The zero-order valence-corrected chi connectivity index (χ0v) is 28.2. The summed E-state index contributed by atoms with van der Waals surface area (Å²) in [6, 6.07) is -6.95. The van der Waals surface area contributed by atoms with E-state index >= 15 is 0 Å². The first-order valence-electron chi connectivity index (χ1n) is 16.1. The molecule has 0 aromatic carbocycles. The predicted octanol–water partition coefficient (Wildman–Crippen LogP) is -2.92. The summed E-state index contributed by atoms with van der Waals surface area (Å²) in [5.41, 5.74) is 11.3. The lowest BCUT2D eigenvalue weighted by Crippen LogP contribution is -2.62. The van der Waals surface area contributed by atoms with Crippen molar-refractivity contribution in [2.24, 2.45) is 23.3 Å². The van der Waals surface area contributed by atoms with Gasteiger partial charge in [0, 0.05) is 13.1 Å². The second kappa shape index (κ2) is 19.7. The van der Waals surface area contributed by atoms with E-state index in [0.29, 0.717) is 12.8 Å². The lowest BCUT2D eigenvalue weighted by Gasteiger charge is -2.32. The highest BCUT2D eigenvalue weighted by atomic mass is 16.3. The summed E-state index contributed by atoms with van der Waals surface area (Å²) in [7, 11) is 0. The maximum Gasteiger partial charge on any atom is 0.248 e. The lowest BCUT2D eigenvalue weighted by molar-refractivity contribution is -0.145. The molecule has 0 aromatic rings. The van der Waals surface area contributed by atoms with Crippen molar-refractivity contribution in [2.75, 3.05) is 13.1 Å². The molecule has 0 aromatic heterocycles. The van der Waals surface area contributed by atoms with E-state index in [9.17, 15) is 39.0 Å². The summed E-state index contributed by atoms with van der Waals surface area (Å²) in [6.07, 6.45) is 0.557. The Kier molecular flexibility index (Phi) is 17.3. The second-order valence-corrected chi connectivity index (χ2v) is 12.4. The highest BCUT2D eigenvalue weighted by Crippen LogP contribution is 2.20. The van der Waals surface area contributed by atoms with Gasteiger partial charge in [0.15, 0.2) is 5.96 Å². The van der Waals surface area contributed by atoms with Gasteiger partial charge in [0.1, 0.15) is 30.2 Å². The summed E-state index contributed by atoms with van der Waals surface area (Å²) < 4.78 is 0. The van der Waals surface area contributed by atoms with Crippen LogP contribution >= 0.6 is 0 Å². The highest BCUT2D eigenvalue weighted by Gasteiger charge is 2.41. The van der Waals surface area contributed by atoms with Gasteiger partial charge in [-0.05, 0) is 51.4 Å². The molecule has 1 heterocycles. The predicted molar refractivity (Wildman–Crippen MR) is 173 cm³/mol. The van der Waals surface area contributed by atoms with Crippen molar-refractivity contribution in [3.63, 3.8) is 0 Å². The number of aliphatic hydroxyl groups is 2. The molecule has 1 aliphatic heterocycles. The van der Waals surface area contributed by atoms with Crippen molar-refractivity contribution < 1.29 is 39.0 Å². The number of rotatable bonds is 19. The number of guanidine groups is 1. The Balaban J connectivity index is 3.13. The van der Waals surface area contributed by atoms with E-state index in [0.717, 1.165) is 0 Å². The van der Waals surface area contributed by atoms with Crippen LogP contribution in [0, 0.1) is 17.2 Å². The van der Waals surface area contributed by atoms with Crippen LogP contribution in [-0.2, 0) is 28.8 Å². The van der Waals surface area contributed by atoms with Crippen LogP contribution in [-0.4, -0.2) is 118 Å². The maximum absolute atomic E-state index is 13.7. The fraction of sp³-hybridized carbons (Fsp3) is 0.767. The minimum absolute atomic E-state index is 0.0548. The molecular weight excluding hydrogens is 614 g/mol. The van der Waals surface area contributed by atoms with E-state index in [1.807, 2.05) is 13.8 Å². The fourth-order valence-electron chi connectivity index (χ4n) is 4.98. The van der Waals surface area contributed by atoms with Crippen LogP contribution in [0.5, 0.6) is 0 Å². The summed E-state index contributed by atoms with van der Waals surface area (Å²) in [5, 5.41) is 40.3. The number of carbonyl (C=O) groups is 5. The topological polar surface area (TPSA) is 282 Å². The summed E-state index contributed by atoms with van der Waals surface area (Å²) in [6.45, 7) is 10.1. The van der Waals surface area contributed by atoms with E-state index in [2.05, 4.69) is 26.6 Å². The van der Waals surface area contributed by atoms with Crippen molar-refractivity contribution in [2.45, 2.75) is 122 Å². The molecule has 0 saturated carbocycles. The molecule has 1 radical (unpaired) electrons. The van der Waals surface area contributed by atoms with E-state index < -0.39 is 83.9 Å². The highest BCUT2D eigenvalue weighted by molar-refractivity contribution is 5.96. The molecule has 47 heavy (non-hydrogen) atoms. The summed E-state index contributed by atoms with van der Waals surface area (Å²) in [4.78, 5) is 78.8. The van der Waals surface area contributed by atoms with Gasteiger partial charge in [0.05, 0.1) is 18.2 Å². The van der Waals surface area contributed by atoms with Crippen LogP contribution in [0.3, 0.4) is 0 Å². The molecule has 12 N–H and O–H groups in total. The van der Waals surface area contributed by atoms with Crippen LogP contribution in [0.2, 0.25) is 0 Å². The lowest BCUT2D eigenvalue weighted by atomic mass is 9.97. The third-order valence-corrected chi connectivity index (χ3v) is 8.22. The molecule has 1 aliphatic rings. The normalized spacial score (nSPS) is 19.6. The molecule has 1 rings (SSSR count). The zero-order chi connectivity index (χ0) is 36.0. The minimum atomic E-state index is -1.45. The maximum atomic E-state index is 13.7. The first-order valence-corrected chi connectivity index (χ1v) is 16.1.